The maximum Gasteiger partial charge on any atom is 0.325 e. The van der Waals surface area contributed by atoms with E-state index in [-0.39, 0.29) is 18.2 Å². The second kappa shape index (κ2) is 5.97. The third-order valence-corrected chi connectivity index (χ3v) is 6.00. The van der Waals surface area contributed by atoms with Gasteiger partial charge in [-0.2, -0.15) is 0 Å². The van der Waals surface area contributed by atoms with Crippen LogP contribution in [0.25, 0.3) is 0 Å². The molecule has 25 heavy (non-hydrogen) atoms. The molecule has 7 heteroatoms. The minimum atomic E-state index is -1.01. The minimum Gasteiger partial charge on any atom is -0.319 e. The van der Waals surface area contributed by atoms with Crippen LogP contribution in [0.1, 0.15) is 33.6 Å². The number of urea groups is 1. The lowest BCUT2D eigenvalue weighted by atomic mass is 9.80. The van der Waals surface area contributed by atoms with Crippen molar-refractivity contribution in [3.8, 4) is 0 Å². The highest BCUT2D eigenvalue weighted by molar-refractivity contribution is 7.10. The van der Waals surface area contributed by atoms with Gasteiger partial charge in [0.2, 0.25) is 0 Å². The molecule has 4 rings (SSSR count). The van der Waals surface area contributed by atoms with Crippen molar-refractivity contribution in [1.82, 2.24) is 10.2 Å². The average Bonchev–Trinajstić information content (AvgIpc) is 3.16. The summed E-state index contributed by atoms with van der Waals surface area (Å²) in [6, 6.07) is 7.89. The number of aryl methyl sites for hydroxylation is 1. The van der Waals surface area contributed by atoms with Crippen LogP contribution in [0, 0.1) is 0 Å². The lowest BCUT2D eigenvalue weighted by Gasteiger charge is -2.31. The maximum atomic E-state index is 13.1. The molecule has 128 valence electrons. The van der Waals surface area contributed by atoms with Crippen molar-refractivity contribution in [2.45, 2.75) is 24.8 Å². The molecule has 2 aliphatic rings. The molecule has 1 aromatic carbocycles. The predicted molar refractivity (Wildman–Crippen MR) is 95.0 cm³/mol. The molecule has 0 radical (unpaired) electrons. The summed E-state index contributed by atoms with van der Waals surface area (Å²) in [4.78, 5) is 40.1. The largest absolute Gasteiger partial charge is 0.325 e. The van der Waals surface area contributed by atoms with E-state index in [2.05, 4.69) is 5.32 Å². The van der Waals surface area contributed by atoms with E-state index in [1.165, 1.54) is 6.07 Å². The van der Waals surface area contributed by atoms with Crippen LogP contribution in [0.5, 0.6) is 0 Å². The van der Waals surface area contributed by atoms with E-state index < -0.39 is 11.6 Å². The average molecular weight is 375 g/mol. The van der Waals surface area contributed by atoms with Crippen LogP contribution in [-0.2, 0) is 16.8 Å². The summed E-state index contributed by atoms with van der Waals surface area (Å²) in [5.41, 5.74) is 0.243. The van der Waals surface area contributed by atoms with Gasteiger partial charge in [0.1, 0.15) is 5.54 Å². The van der Waals surface area contributed by atoms with Crippen molar-refractivity contribution >= 4 is 40.7 Å². The molecule has 1 saturated heterocycles. The van der Waals surface area contributed by atoms with Crippen molar-refractivity contribution in [3.63, 3.8) is 0 Å². The SMILES string of the molecule is O=C(CN1C(=O)NC2(CCCc3sccc32)C1=O)c1cccc(Cl)c1. The molecule has 1 spiro atoms. The molecular weight excluding hydrogens is 360 g/mol. The highest BCUT2D eigenvalue weighted by Crippen LogP contribution is 2.42. The molecule has 2 aromatic rings. The number of nitrogens with zero attached hydrogens (tertiary/aromatic N) is 1. The molecule has 3 amide bonds. The van der Waals surface area contributed by atoms with Gasteiger partial charge in [-0.3, -0.25) is 14.5 Å². The van der Waals surface area contributed by atoms with Crippen LogP contribution in [0.4, 0.5) is 4.79 Å². The van der Waals surface area contributed by atoms with Gasteiger partial charge in [-0.05, 0) is 42.8 Å². The molecular formula is C18H15ClN2O3S. The number of thiophene rings is 1. The number of ketones is 1. The standard InChI is InChI=1S/C18H15ClN2O3S/c19-12-4-1-3-11(9-12)14(22)10-21-16(23)18(20-17(21)24)7-2-5-15-13(18)6-8-25-15/h1,3-4,6,8-9H,2,5,7,10H2,(H,20,24). The Morgan fingerprint density at radius 2 is 2.16 bits per heavy atom. The Morgan fingerprint density at radius 1 is 1.32 bits per heavy atom. The number of hydrogen-bond acceptors (Lipinski definition) is 4. The summed E-state index contributed by atoms with van der Waals surface area (Å²) >= 11 is 7.51. The van der Waals surface area contributed by atoms with Crippen molar-refractivity contribution in [2.24, 2.45) is 0 Å². The summed E-state index contributed by atoms with van der Waals surface area (Å²) < 4.78 is 0. The van der Waals surface area contributed by atoms with Gasteiger partial charge in [-0.1, -0.05) is 23.7 Å². The molecule has 0 bridgehead atoms. The van der Waals surface area contributed by atoms with Gasteiger partial charge >= 0.3 is 6.03 Å². The van der Waals surface area contributed by atoms with Crippen molar-refractivity contribution < 1.29 is 14.4 Å². The molecule has 2 heterocycles. The smallest absolute Gasteiger partial charge is 0.319 e. The van der Waals surface area contributed by atoms with Crippen molar-refractivity contribution in [1.29, 1.82) is 0 Å². The zero-order chi connectivity index (χ0) is 17.6. The van der Waals surface area contributed by atoms with Gasteiger partial charge in [0.25, 0.3) is 5.91 Å². The van der Waals surface area contributed by atoms with Crippen molar-refractivity contribution in [2.75, 3.05) is 6.54 Å². The number of halogens is 1. The summed E-state index contributed by atoms with van der Waals surface area (Å²) in [7, 11) is 0. The van der Waals surface area contributed by atoms with Gasteiger partial charge in [0.15, 0.2) is 5.78 Å². The fourth-order valence-electron chi connectivity index (χ4n) is 3.58. The highest BCUT2D eigenvalue weighted by atomic mass is 35.5. The number of benzene rings is 1. The Hall–Kier alpha value is -2.18. The number of imide groups is 1. The van der Waals surface area contributed by atoms with Gasteiger partial charge in [0, 0.05) is 21.0 Å². The normalized spacial score (nSPS) is 22.2. The first-order valence-electron chi connectivity index (χ1n) is 8.01. The number of rotatable bonds is 3. The molecule has 1 aliphatic carbocycles. The lowest BCUT2D eigenvalue weighted by Crippen LogP contribution is -2.46. The number of fused-ring (bicyclic) bond motifs is 2. The first-order chi connectivity index (χ1) is 12.0. The van der Waals surface area contributed by atoms with Crippen LogP contribution in [0.15, 0.2) is 35.7 Å². The first-order valence-corrected chi connectivity index (χ1v) is 9.27. The molecule has 0 saturated carbocycles. The van der Waals surface area contributed by atoms with E-state index in [0.717, 1.165) is 28.2 Å². The first kappa shape index (κ1) is 16.3. The van der Waals surface area contributed by atoms with Crippen LogP contribution < -0.4 is 5.32 Å². The summed E-state index contributed by atoms with van der Waals surface area (Å²) in [6.07, 6.45) is 2.30. The van der Waals surface area contributed by atoms with Crippen LogP contribution >= 0.6 is 22.9 Å². The van der Waals surface area contributed by atoms with E-state index >= 15 is 0 Å². The van der Waals surface area contributed by atoms with Gasteiger partial charge in [0.05, 0.1) is 6.54 Å². The van der Waals surface area contributed by atoms with Gasteiger partial charge in [-0.15, -0.1) is 11.3 Å². The fraction of sp³-hybridized carbons (Fsp3) is 0.278. The number of Topliss-reactive ketones (excluding diaryl/α,β-unsaturated/α-hetero) is 1. The van der Waals surface area contributed by atoms with E-state index in [0.29, 0.717) is 17.0 Å². The monoisotopic (exact) mass is 374 g/mol. The molecule has 1 unspecified atom stereocenters. The maximum absolute atomic E-state index is 13.1. The number of carbonyl (C=O) groups is 3. The van der Waals surface area contributed by atoms with Gasteiger partial charge < -0.3 is 5.32 Å². The Labute approximate surface area is 153 Å². The predicted octanol–water partition coefficient (Wildman–Crippen LogP) is 3.37. The molecule has 1 fully saturated rings. The summed E-state index contributed by atoms with van der Waals surface area (Å²) in [6.45, 7) is -0.285. The second-order valence-corrected chi connectivity index (χ2v) is 7.71. The van der Waals surface area contributed by atoms with E-state index in [4.69, 9.17) is 11.6 Å². The zero-order valence-corrected chi connectivity index (χ0v) is 14.8. The lowest BCUT2D eigenvalue weighted by molar-refractivity contribution is -0.131. The third kappa shape index (κ3) is 2.56. The highest BCUT2D eigenvalue weighted by Gasteiger charge is 2.54. The second-order valence-electron chi connectivity index (χ2n) is 6.27. The minimum absolute atomic E-state index is 0.285. The zero-order valence-electron chi connectivity index (χ0n) is 13.3. The van der Waals surface area contributed by atoms with E-state index in [1.54, 1.807) is 29.5 Å². The molecule has 5 nitrogen and oxygen atoms in total. The fourth-order valence-corrected chi connectivity index (χ4v) is 4.77. The topological polar surface area (TPSA) is 66.5 Å². The number of hydrogen-bond donors (Lipinski definition) is 1. The van der Waals surface area contributed by atoms with Crippen LogP contribution in [0.2, 0.25) is 5.02 Å². The molecule has 1 atom stereocenters. The Bertz CT molecular complexity index is 894. The van der Waals surface area contributed by atoms with E-state index in [1.807, 2.05) is 11.4 Å². The third-order valence-electron chi connectivity index (χ3n) is 4.78. The summed E-state index contributed by atoms with van der Waals surface area (Å²) in [5.74, 6) is -0.656. The van der Waals surface area contributed by atoms with Gasteiger partial charge in [-0.25, -0.2) is 4.79 Å². The van der Waals surface area contributed by atoms with E-state index in [9.17, 15) is 14.4 Å². The molecule has 1 aliphatic heterocycles. The molecule has 1 aromatic heterocycles. The van der Waals surface area contributed by atoms with Crippen LogP contribution in [-0.4, -0.2) is 29.2 Å². The van der Waals surface area contributed by atoms with Crippen LogP contribution in [0.3, 0.4) is 0 Å². The molecule has 1 N–H and O–H groups in total. The Balaban J connectivity index is 1.62. The number of amides is 3. The quantitative estimate of drug-likeness (QED) is 0.661. The number of nitrogens with one attached hydrogen (secondary N) is 1. The number of carbonyl (C=O) groups excluding carboxylic acids is 3. The Kier molecular flexibility index (Phi) is 3.89. The summed E-state index contributed by atoms with van der Waals surface area (Å²) in [5, 5.41) is 5.23. The van der Waals surface area contributed by atoms with Crippen molar-refractivity contribution in [3.05, 3.63) is 56.7 Å². The Morgan fingerprint density at radius 3 is 2.96 bits per heavy atom.